The number of halogens is 1. The van der Waals surface area contributed by atoms with Crippen LogP contribution in [-0.2, 0) is 4.79 Å². The Morgan fingerprint density at radius 3 is 2.00 bits per heavy atom. The molecule has 0 fully saturated rings. The Morgan fingerprint density at radius 2 is 1.36 bits per heavy atom. The van der Waals surface area contributed by atoms with E-state index in [2.05, 4.69) is 21.2 Å². The molecule has 0 aliphatic heterocycles. The molecule has 0 radical (unpaired) electrons. The van der Waals surface area contributed by atoms with Gasteiger partial charge in [-0.1, -0.05) is 54.6 Å². The number of hydrogen-bond acceptors (Lipinski definition) is 3. The van der Waals surface area contributed by atoms with Crippen molar-refractivity contribution >= 4 is 45.2 Å². The van der Waals surface area contributed by atoms with E-state index in [0.717, 1.165) is 5.56 Å². The van der Waals surface area contributed by atoms with Crippen molar-refractivity contribution < 1.29 is 14.4 Å². The minimum Gasteiger partial charge on any atom is -0.321 e. The summed E-state index contributed by atoms with van der Waals surface area (Å²) < 4.78 is 0.535. The average molecular weight is 432 g/mol. The molecule has 3 aromatic rings. The van der Waals surface area contributed by atoms with E-state index in [0.29, 0.717) is 26.9 Å². The summed E-state index contributed by atoms with van der Waals surface area (Å²) in [5, 5.41) is 2.75. The molecule has 0 unspecified atom stereocenters. The van der Waals surface area contributed by atoms with E-state index in [1.165, 1.54) is 6.08 Å². The highest BCUT2D eigenvalue weighted by Gasteiger charge is 2.30. The van der Waals surface area contributed by atoms with Gasteiger partial charge in [-0.2, -0.15) is 0 Å². The Labute approximate surface area is 170 Å². The summed E-state index contributed by atoms with van der Waals surface area (Å²) in [6, 6.07) is 19.3. The zero-order valence-electron chi connectivity index (χ0n) is 14.6. The number of amides is 1. The smallest absolute Gasteiger partial charge is 0.248 e. The van der Waals surface area contributed by atoms with Crippen molar-refractivity contribution in [3.8, 4) is 0 Å². The van der Waals surface area contributed by atoms with Gasteiger partial charge >= 0.3 is 0 Å². The summed E-state index contributed by atoms with van der Waals surface area (Å²) in [6.45, 7) is 0. The van der Waals surface area contributed by atoms with Crippen LogP contribution < -0.4 is 5.32 Å². The van der Waals surface area contributed by atoms with E-state index < -0.39 is 0 Å². The maximum Gasteiger partial charge on any atom is 0.248 e. The normalized spacial score (nSPS) is 12.6. The highest BCUT2D eigenvalue weighted by molar-refractivity contribution is 9.10. The van der Waals surface area contributed by atoms with Gasteiger partial charge in [0.15, 0.2) is 11.6 Å². The predicted molar refractivity (Wildman–Crippen MR) is 112 cm³/mol. The van der Waals surface area contributed by atoms with Crippen LogP contribution in [0, 0.1) is 0 Å². The topological polar surface area (TPSA) is 63.2 Å². The molecule has 4 rings (SSSR count). The minimum absolute atomic E-state index is 0.201. The summed E-state index contributed by atoms with van der Waals surface area (Å²) in [7, 11) is 0. The third kappa shape index (κ3) is 3.32. The number of rotatable bonds is 3. The lowest BCUT2D eigenvalue weighted by atomic mass is 9.84. The van der Waals surface area contributed by atoms with Gasteiger partial charge < -0.3 is 5.32 Å². The summed E-state index contributed by atoms with van der Waals surface area (Å²) in [5.41, 5.74) is 2.72. The van der Waals surface area contributed by atoms with Crippen molar-refractivity contribution in [3.63, 3.8) is 0 Å². The summed E-state index contributed by atoms with van der Waals surface area (Å²) in [6.07, 6.45) is 3.12. The van der Waals surface area contributed by atoms with E-state index in [9.17, 15) is 14.4 Å². The summed E-state index contributed by atoms with van der Waals surface area (Å²) in [4.78, 5) is 37.8. The van der Waals surface area contributed by atoms with Crippen molar-refractivity contribution in [2.45, 2.75) is 0 Å². The first-order valence-electron chi connectivity index (χ1n) is 8.60. The molecule has 1 aliphatic rings. The lowest BCUT2D eigenvalue weighted by Gasteiger charge is -2.19. The largest absolute Gasteiger partial charge is 0.321 e. The van der Waals surface area contributed by atoms with E-state index >= 15 is 0 Å². The number of hydrogen-bond donors (Lipinski definition) is 1. The monoisotopic (exact) mass is 431 g/mol. The van der Waals surface area contributed by atoms with Crippen LogP contribution in [0.2, 0.25) is 0 Å². The standard InChI is InChI=1S/C23H14BrNO3/c24-19-12-17-18(23(28)16-9-5-4-8-15(16)22(17)27)13-20(19)25-21(26)11-10-14-6-2-1-3-7-14/h1-13H,(H,25,26). The van der Waals surface area contributed by atoms with Crippen LogP contribution in [0.3, 0.4) is 0 Å². The van der Waals surface area contributed by atoms with Gasteiger partial charge in [0.1, 0.15) is 0 Å². The van der Waals surface area contributed by atoms with Gasteiger partial charge in [-0.3, -0.25) is 14.4 Å². The minimum atomic E-state index is -0.334. The van der Waals surface area contributed by atoms with Gasteiger partial charge in [0.2, 0.25) is 5.91 Å². The number of fused-ring (bicyclic) bond motifs is 2. The molecule has 1 aliphatic carbocycles. The van der Waals surface area contributed by atoms with Crippen molar-refractivity contribution in [2.75, 3.05) is 5.32 Å². The van der Waals surface area contributed by atoms with Crippen LogP contribution in [0.1, 0.15) is 37.4 Å². The Bertz CT molecular complexity index is 1150. The third-order valence-corrected chi connectivity index (χ3v) is 5.15. The van der Waals surface area contributed by atoms with Crippen LogP contribution in [0.5, 0.6) is 0 Å². The molecule has 0 saturated heterocycles. The first-order valence-corrected chi connectivity index (χ1v) is 9.40. The molecule has 1 N–H and O–H groups in total. The van der Waals surface area contributed by atoms with Crippen molar-refractivity contribution in [2.24, 2.45) is 0 Å². The fourth-order valence-corrected chi connectivity index (χ4v) is 3.57. The Morgan fingerprint density at radius 1 is 0.786 bits per heavy atom. The van der Waals surface area contributed by atoms with Gasteiger partial charge in [0.25, 0.3) is 0 Å². The van der Waals surface area contributed by atoms with Gasteiger partial charge in [-0.25, -0.2) is 0 Å². The molecule has 0 aromatic heterocycles. The van der Waals surface area contributed by atoms with Crippen LogP contribution in [0.25, 0.3) is 6.08 Å². The van der Waals surface area contributed by atoms with Gasteiger partial charge in [-0.15, -0.1) is 0 Å². The molecule has 5 heteroatoms. The van der Waals surface area contributed by atoms with Crippen LogP contribution in [0.4, 0.5) is 5.69 Å². The molecular formula is C23H14BrNO3. The van der Waals surface area contributed by atoms with Crippen LogP contribution >= 0.6 is 15.9 Å². The van der Waals surface area contributed by atoms with Gasteiger partial charge in [0.05, 0.1) is 5.69 Å². The van der Waals surface area contributed by atoms with E-state index in [4.69, 9.17) is 0 Å². The molecule has 0 spiro atoms. The van der Waals surface area contributed by atoms with Gasteiger partial charge in [-0.05, 0) is 39.7 Å². The number of benzene rings is 3. The SMILES string of the molecule is O=C(C=Cc1ccccc1)Nc1cc2c(cc1Br)C(=O)c1ccccc1C2=O. The number of carbonyl (C=O) groups is 3. The average Bonchev–Trinajstić information content (AvgIpc) is 2.72. The highest BCUT2D eigenvalue weighted by Crippen LogP contribution is 2.33. The number of carbonyl (C=O) groups excluding carboxylic acids is 3. The zero-order valence-corrected chi connectivity index (χ0v) is 16.2. The lowest BCUT2D eigenvalue weighted by molar-refractivity contribution is -0.111. The first-order chi connectivity index (χ1) is 13.5. The second-order valence-electron chi connectivity index (χ2n) is 6.31. The number of anilines is 1. The van der Waals surface area contributed by atoms with Crippen molar-refractivity contribution in [1.82, 2.24) is 0 Å². The fourth-order valence-electron chi connectivity index (χ4n) is 3.12. The molecule has 28 heavy (non-hydrogen) atoms. The molecule has 136 valence electrons. The predicted octanol–water partition coefficient (Wildman–Crippen LogP) is 4.88. The summed E-state index contributed by atoms with van der Waals surface area (Å²) >= 11 is 3.38. The molecule has 0 saturated carbocycles. The van der Waals surface area contributed by atoms with E-state index in [1.807, 2.05) is 30.3 Å². The van der Waals surface area contributed by atoms with Crippen molar-refractivity contribution in [3.05, 3.63) is 105 Å². The maximum absolute atomic E-state index is 12.8. The summed E-state index contributed by atoms with van der Waals surface area (Å²) in [5.74, 6) is -0.764. The van der Waals surface area contributed by atoms with Gasteiger partial charge in [0, 0.05) is 32.8 Å². The third-order valence-electron chi connectivity index (χ3n) is 4.50. The second kappa shape index (κ2) is 7.37. The molecule has 0 atom stereocenters. The van der Waals surface area contributed by atoms with E-state index in [-0.39, 0.29) is 23.0 Å². The van der Waals surface area contributed by atoms with Crippen LogP contribution in [0.15, 0.2) is 77.3 Å². The highest BCUT2D eigenvalue weighted by atomic mass is 79.9. The lowest BCUT2D eigenvalue weighted by Crippen LogP contribution is -2.21. The quantitative estimate of drug-likeness (QED) is 0.470. The Kier molecular flexibility index (Phi) is 4.75. The molecule has 0 bridgehead atoms. The number of nitrogens with one attached hydrogen (secondary N) is 1. The van der Waals surface area contributed by atoms with Crippen LogP contribution in [-0.4, -0.2) is 17.5 Å². The fraction of sp³-hybridized carbons (Fsp3) is 0. The molecule has 4 nitrogen and oxygen atoms in total. The van der Waals surface area contributed by atoms with Crippen molar-refractivity contribution in [1.29, 1.82) is 0 Å². The maximum atomic E-state index is 12.8. The zero-order chi connectivity index (χ0) is 19.7. The molecule has 0 heterocycles. The molecule has 3 aromatic carbocycles. The first kappa shape index (κ1) is 18.1. The molecular weight excluding hydrogens is 418 g/mol. The Hall–Kier alpha value is -3.31. The number of ketones is 2. The van der Waals surface area contributed by atoms with E-state index in [1.54, 1.807) is 42.5 Å². The second-order valence-corrected chi connectivity index (χ2v) is 7.17. The Balaban J connectivity index is 1.64. The molecule has 1 amide bonds.